The minimum atomic E-state index is -0.314. The highest BCUT2D eigenvalue weighted by Crippen LogP contribution is 2.31. The van der Waals surface area contributed by atoms with Gasteiger partial charge in [-0.3, -0.25) is 9.36 Å². The summed E-state index contributed by atoms with van der Waals surface area (Å²) < 4.78 is 12.5. The van der Waals surface area contributed by atoms with E-state index in [1.165, 1.54) is 6.92 Å². The fourth-order valence-electron chi connectivity index (χ4n) is 3.66. The molecule has 2 N–H and O–H groups in total. The van der Waals surface area contributed by atoms with Gasteiger partial charge in [-0.05, 0) is 42.0 Å². The van der Waals surface area contributed by atoms with Gasteiger partial charge in [0.05, 0.1) is 24.5 Å². The smallest absolute Gasteiger partial charge is 0.302 e. The fraction of sp³-hybridized carbons (Fsp3) is 0.167. The molecule has 160 valence electrons. The standard InChI is InChI=1S/C24H21N5O3/c1-15(30)32-13-16-4-6-18(7-5-16)29-23(19-3-2-11-26-22(19)25)28-21-9-8-20(27-24(21)29)17-10-12-31-14-17/h2-11H,12-14H2,1H3,(H2,25,26). The van der Waals surface area contributed by atoms with E-state index in [4.69, 9.17) is 25.2 Å². The average molecular weight is 427 g/mol. The van der Waals surface area contributed by atoms with Gasteiger partial charge in [0.25, 0.3) is 0 Å². The van der Waals surface area contributed by atoms with Crippen LogP contribution >= 0.6 is 0 Å². The van der Waals surface area contributed by atoms with Crippen molar-refractivity contribution in [3.8, 4) is 17.1 Å². The topological polar surface area (TPSA) is 105 Å². The van der Waals surface area contributed by atoms with Crippen LogP contribution in [0.4, 0.5) is 5.82 Å². The van der Waals surface area contributed by atoms with Crippen LogP contribution < -0.4 is 5.73 Å². The number of pyridine rings is 2. The number of carbonyl (C=O) groups excluding carboxylic acids is 1. The molecule has 0 radical (unpaired) electrons. The van der Waals surface area contributed by atoms with E-state index in [1.54, 1.807) is 6.20 Å². The number of hydrogen-bond donors (Lipinski definition) is 1. The second-order valence-corrected chi connectivity index (χ2v) is 7.44. The minimum Gasteiger partial charge on any atom is -0.461 e. The average Bonchev–Trinajstić information content (AvgIpc) is 3.46. The number of esters is 1. The molecule has 32 heavy (non-hydrogen) atoms. The van der Waals surface area contributed by atoms with Crippen LogP contribution in [0, 0.1) is 0 Å². The van der Waals surface area contributed by atoms with Gasteiger partial charge in [0.1, 0.15) is 17.9 Å². The number of anilines is 1. The largest absolute Gasteiger partial charge is 0.461 e. The number of fused-ring (bicyclic) bond motifs is 1. The molecular formula is C24H21N5O3. The highest BCUT2D eigenvalue weighted by Gasteiger charge is 2.19. The lowest BCUT2D eigenvalue weighted by atomic mass is 10.2. The number of aromatic nitrogens is 4. The summed E-state index contributed by atoms with van der Waals surface area (Å²) in [6.45, 7) is 2.75. The number of carbonyl (C=O) groups is 1. The van der Waals surface area contributed by atoms with Crippen molar-refractivity contribution in [2.75, 3.05) is 18.9 Å². The van der Waals surface area contributed by atoms with Crippen LogP contribution in [0.1, 0.15) is 18.2 Å². The Morgan fingerprint density at radius 3 is 2.72 bits per heavy atom. The lowest BCUT2D eigenvalue weighted by molar-refractivity contribution is -0.142. The Bertz CT molecular complexity index is 1340. The number of nitrogens with two attached hydrogens (primary N) is 1. The number of nitrogens with zero attached hydrogens (tertiary/aromatic N) is 4. The van der Waals surface area contributed by atoms with E-state index in [2.05, 4.69) is 4.98 Å². The van der Waals surface area contributed by atoms with Crippen LogP contribution in [0.15, 0.2) is 60.8 Å². The maximum absolute atomic E-state index is 11.1. The number of rotatable bonds is 5. The van der Waals surface area contributed by atoms with Gasteiger partial charge in [-0.2, -0.15) is 0 Å². The van der Waals surface area contributed by atoms with Crippen molar-refractivity contribution in [2.24, 2.45) is 0 Å². The van der Waals surface area contributed by atoms with E-state index in [0.717, 1.165) is 33.6 Å². The first-order valence-electron chi connectivity index (χ1n) is 10.2. The number of hydrogen-bond acceptors (Lipinski definition) is 7. The Morgan fingerprint density at radius 1 is 1.16 bits per heavy atom. The monoisotopic (exact) mass is 427 g/mol. The number of nitrogen functional groups attached to an aromatic ring is 1. The van der Waals surface area contributed by atoms with Gasteiger partial charge in [0.15, 0.2) is 11.5 Å². The third-order valence-electron chi connectivity index (χ3n) is 5.25. The number of imidazole rings is 1. The molecule has 8 nitrogen and oxygen atoms in total. The summed E-state index contributed by atoms with van der Waals surface area (Å²) in [5.41, 5.74) is 12.0. The maximum atomic E-state index is 11.1. The van der Waals surface area contributed by atoms with Crippen LogP contribution in [-0.4, -0.2) is 38.7 Å². The molecule has 5 rings (SSSR count). The fourth-order valence-corrected chi connectivity index (χ4v) is 3.66. The Morgan fingerprint density at radius 2 is 2.00 bits per heavy atom. The molecule has 0 aliphatic carbocycles. The van der Waals surface area contributed by atoms with Crippen molar-refractivity contribution in [1.82, 2.24) is 19.5 Å². The highest BCUT2D eigenvalue weighted by atomic mass is 16.5. The second-order valence-electron chi connectivity index (χ2n) is 7.44. The molecule has 0 saturated heterocycles. The molecule has 4 aromatic rings. The van der Waals surface area contributed by atoms with Crippen LogP contribution in [0.5, 0.6) is 0 Å². The van der Waals surface area contributed by atoms with Crippen molar-refractivity contribution < 1.29 is 14.3 Å². The van der Waals surface area contributed by atoms with Crippen molar-refractivity contribution in [2.45, 2.75) is 13.5 Å². The molecule has 0 unspecified atom stereocenters. The molecule has 3 aromatic heterocycles. The SMILES string of the molecule is CC(=O)OCc1ccc(-n2c(-c3cccnc3N)nc3ccc(C4=CCOC4)nc32)cc1. The predicted molar refractivity (Wildman–Crippen MR) is 121 cm³/mol. The van der Waals surface area contributed by atoms with Gasteiger partial charge in [0, 0.05) is 24.4 Å². The summed E-state index contributed by atoms with van der Waals surface area (Å²) in [5.74, 6) is 0.730. The molecule has 0 spiro atoms. The van der Waals surface area contributed by atoms with Gasteiger partial charge in [-0.1, -0.05) is 18.2 Å². The minimum absolute atomic E-state index is 0.221. The number of benzene rings is 1. The molecule has 0 bridgehead atoms. The van der Waals surface area contributed by atoms with Crippen LogP contribution in [0.3, 0.4) is 0 Å². The second kappa shape index (κ2) is 8.24. The van der Waals surface area contributed by atoms with Crippen LogP contribution in [0.25, 0.3) is 33.8 Å². The van der Waals surface area contributed by atoms with E-state index in [1.807, 2.05) is 59.2 Å². The van der Waals surface area contributed by atoms with E-state index in [0.29, 0.717) is 30.5 Å². The quantitative estimate of drug-likeness (QED) is 0.486. The van der Waals surface area contributed by atoms with Gasteiger partial charge in [-0.25, -0.2) is 15.0 Å². The molecule has 4 heterocycles. The Labute approximate surface area is 184 Å². The lowest BCUT2D eigenvalue weighted by Crippen LogP contribution is -2.03. The Balaban J connectivity index is 1.67. The molecule has 0 atom stereocenters. The first-order valence-corrected chi connectivity index (χ1v) is 10.2. The Kier molecular flexibility index (Phi) is 5.12. The highest BCUT2D eigenvalue weighted by molar-refractivity contribution is 5.84. The normalized spacial score (nSPS) is 13.3. The van der Waals surface area contributed by atoms with Gasteiger partial charge in [0.2, 0.25) is 0 Å². The van der Waals surface area contributed by atoms with Crippen molar-refractivity contribution >= 4 is 28.5 Å². The number of ether oxygens (including phenoxy) is 2. The molecule has 0 saturated carbocycles. The molecule has 1 aliphatic rings. The van der Waals surface area contributed by atoms with E-state index in [-0.39, 0.29) is 12.6 Å². The first-order chi connectivity index (χ1) is 15.6. The van der Waals surface area contributed by atoms with Gasteiger partial charge < -0.3 is 15.2 Å². The Hall–Kier alpha value is -4.04. The zero-order chi connectivity index (χ0) is 22.1. The summed E-state index contributed by atoms with van der Waals surface area (Å²) in [4.78, 5) is 25.1. The first kappa shape index (κ1) is 19.9. The summed E-state index contributed by atoms with van der Waals surface area (Å²) in [5, 5.41) is 0. The summed E-state index contributed by atoms with van der Waals surface area (Å²) in [6.07, 6.45) is 3.69. The zero-order valence-corrected chi connectivity index (χ0v) is 17.5. The third kappa shape index (κ3) is 3.72. The van der Waals surface area contributed by atoms with E-state index >= 15 is 0 Å². The molecule has 8 heteroatoms. The van der Waals surface area contributed by atoms with Crippen molar-refractivity contribution in [1.29, 1.82) is 0 Å². The molecule has 1 aromatic carbocycles. The molecule has 0 fully saturated rings. The summed E-state index contributed by atoms with van der Waals surface area (Å²) in [7, 11) is 0. The molecule has 0 amide bonds. The van der Waals surface area contributed by atoms with E-state index < -0.39 is 0 Å². The van der Waals surface area contributed by atoms with E-state index in [9.17, 15) is 4.79 Å². The van der Waals surface area contributed by atoms with Crippen molar-refractivity contribution in [3.63, 3.8) is 0 Å². The maximum Gasteiger partial charge on any atom is 0.302 e. The predicted octanol–water partition coefficient (Wildman–Crippen LogP) is 3.54. The molecule has 1 aliphatic heterocycles. The third-order valence-corrected chi connectivity index (χ3v) is 5.25. The lowest BCUT2D eigenvalue weighted by Gasteiger charge is -2.11. The summed E-state index contributed by atoms with van der Waals surface area (Å²) in [6, 6.07) is 15.4. The van der Waals surface area contributed by atoms with Crippen molar-refractivity contribution in [3.05, 3.63) is 72.1 Å². The summed E-state index contributed by atoms with van der Waals surface area (Å²) >= 11 is 0. The van der Waals surface area contributed by atoms with Gasteiger partial charge in [-0.15, -0.1) is 0 Å². The van der Waals surface area contributed by atoms with Gasteiger partial charge >= 0.3 is 5.97 Å². The zero-order valence-electron chi connectivity index (χ0n) is 17.5. The van der Waals surface area contributed by atoms with Crippen LogP contribution in [-0.2, 0) is 20.9 Å². The molecular weight excluding hydrogens is 406 g/mol. The van der Waals surface area contributed by atoms with Crippen LogP contribution in [0.2, 0.25) is 0 Å².